The zero-order valence-corrected chi connectivity index (χ0v) is 11.5. The van der Waals surface area contributed by atoms with Gasteiger partial charge in [-0.05, 0) is 42.3 Å². The van der Waals surface area contributed by atoms with Gasteiger partial charge in [-0.2, -0.15) is 0 Å². The van der Waals surface area contributed by atoms with Crippen LogP contribution in [0.2, 0.25) is 0 Å². The summed E-state index contributed by atoms with van der Waals surface area (Å²) in [6, 6.07) is 9.74. The number of hydrogen-bond donors (Lipinski definition) is 1. The molecule has 0 radical (unpaired) electrons. The topological polar surface area (TPSA) is 42.4 Å². The fourth-order valence-corrected chi connectivity index (χ4v) is 1.83. The predicted molar refractivity (Wildman–Crippen MR) is 78.6 cm³/mol. The molecule has 102 valence electrons. The van der Waals surface area contributed by atoms with Crippen LogP contribution < -0.4 is 4.74 Å². The van der Waals surface area contributed by atoms with Gasteiger partial charge < -0.3 is 9.84 Å². The van der Waals surface area contributed by atoms with Crippen LogP contribution in [-0.2, 0) is 6.42 Å². The van der Waals surface area contributed by atoms with E-state index in [0.29, 0.717) is 6.61 Å². The van der Waals surface area contributed by atoms with Crippen molar-refractivity contribution in [1.82, 2.24) is 4.98 Å². The quantitative estimate of drug-likeness (QED) is 0.865. The van der Waals surface area contributed by atoms with E-state index in [2.05, 4.69) is 16.8 Å². The SMILES string of the molecule is Cc1cc(OCCc2cccnc2)ccc1C#CCO. The van der Waals surface area contributed by atoms with E-state index in [1.165, 1.54) is 0 Å². The summed E-state index contributed by atoms with van der Waals surface area (Å²) in [5, 5.41) is 8.69. The zero-order valence-electron chi connectivity index (χ0n) is 11.5. The van der Waals surface area contributed by atoms with Gasteiger partial charge in [-0.15, -0.1) is 0 Å². The van der Waals surface area contributed by atoms with Crippen molar-refractivity contribution in [2.45, 2.75) is 13.3 Å². The van der Waals surface area contributed by atoms with E-state index in [-0.39, 0.29) is 6.61 Å². The molecule has 0 aliphatic carbocycles. The maximum atomic E-state index is 8.69. The summed E-state index contributed by atoms with van der Waals surface area (Å²) < 4.78 is 5.72. The Morgan fingerprint density at radius 1 is 1.30 bits per heavy atom. The minimum atomic E-state index is -0.122. The molecule has 1 aromatic carbocycles. The van der Waals surface area contributed by atoms with Gasteiger partial charge >= 0.3 is 0 Å². The summed E-state index contributed by atoms with van der Waals surface area (Å²) in [4.78, 5) is 4.07. The van der Waals surface area contributed by atoms with Gasteiger partial charge in [-0.1, -0.05) is 17.9 Å². The predicted octanol–water partition coefficient (Wildman–Crippen LogP) is 2.36. The Morgan fingerprint density at radius 3 is 2.90 bits per heavy atom. The highest BCUT2D eigenvalue weighted by atomic mass is 16.5. The van der Waals surface area contributed by atoms with Crippen LogP contribution in [0.3, 0.4) is 0 Å². The summed E-state index contributed by atoms with van der Waals surface area (Å²) in [5.74, 6) is 6.39. The summed E-state index contributed by atoms with van der Waals surface area (Å²) in [6.07, 6.45) is 4.45. The lowest BCUT2D eigenvalue weighted by molar-refractivity contribution is 0.321. The van der Waals surface area contributed by atoms with Crippen molar-refractivity contribution in [3.8, 4) is 17.6 Å². The number of aliphatic hydroxyl groups excluding tert-OH is 1. The largest absolute Gasteiger partial charge is 0.493 e. The summed E-state index contributed by atoms with van der Waals surface area (Å²) in [6.45, 7) is 2.48. The normalized spacial score (nSPS) is 9.70. The molecule has 0 spiro atoms. The first-order valence-electron chi connectivity index (χ1n) is 6.51. The molecule has 0 unspecified atom stereocenters. The molecule has 1 N–H and O–H groups in total. The standard InChI is InChI=1S/C17H17NO2/c1-14-12-17(7-6-16(14)5-3-10-19)20-11-8-15-4-2-9-18-13-15/h2,4,6-7,9,12-13,19H,8,10-11H2,1H3. The first-order valence-corrected chi connectivity index (χ1v) is 6.51. The molecule has 0 fully saturated rings. The van der Waals surface area contributed by atoms with Crippen LogP contribution in [0, 0.1) is 18.8 Å². The Hall–Kier alpha value is -2.31. The van der Waals surface area contributed by atoms with Gasteiger partial charge in [-0.25, -0.2) is 0 Å². The van der Waals surface area contributed by atoms with E-state index < -0.39 is 0 Å². The summed E-state index contributed by atoms with van der Waals surface area (Å²) >= 11 is 0. The molecule has 2 aromatic rings. The van der Waals surface area contributed by atoms with Crippen molar-refractivity contribution in [2.24, 2.45) is 0 Å². The molecular formula is C17H17NO2. The fourth-order valence-electron chi connectivity index (χ4n) is 1.83. The second-order valence-corrected chi connectivity index (χ2v) is 4.40. The smallest absolute Gasteiger partial charge is 0.119 e. The Kier molecular flexibility index (Phi) is 5.16. The van der Waals surface area contributed by atoms with Crippen LogP contribution in [0.5, 0.6) is 5.75 Å². The maximum absolute atomic E-state index is 8.69. The lowest BCUT2D eigenvalue weighted by Gasteiger charge is -2.08. The molecule has 0 saturated heterocycles. The first-order chi connectivity index (χ1) is 9.79. The molecule has 1 heterocycles. The molecule has 0 aliphatic rings. The number of aliphatic hydroxyl groups is 1. The van der Waals surface area contributed by atoms with Crippen molar-refractivity contribution < 1.29 is 9.84 Å². The van der Waals surface area contributed by atoms with Gasteiger partial charge in [-0.3, -0.25) is 4.98 Å². The highest BCUT2D eigenvalue weighted by Gasteiger charge is 1.99. The molecule has 2 rings (SSSR count). The average molecular weight is 267 g/mol. The number of hydrogen-bond acceptors (Lipinski definition) is 3. The number of aryl methyl sites for hydroxylation is 1. The molecule has 1 aromatic heterocycles. The van der Waals surface area contributed by atoms with Crippen LogP contribution in [0.15, 0.2) is 42.7 Å². The fraction of sp³-hybridized carbons (Fsp3) is 0.235. The average Bonchev–Trinajstić information content (AvgIpc) is 2.47. The van der Waals surface area contributed by atoms with Gasteiger partial charge in [0.05, 0.1) is 6.61 Å². The monoisotopic (exact) mass is 267 g/mol. The minimum Gasteiger partial charge on any atom is -0.493 e. The van der Waals surface area contributed by atoms with E-state index in [4.69, 9.17) is 9.84 Å². The first kappa shape index (κ1) is 14.1. The highest BCUT2D eigenvalue weighted by molar-refractivity contribution is 5.44. The van der Waals surface area contributed by atoms with E-state index in [1.807, 2.05) is 43.5 Å². The molecule has 0 saturated carbocycles. The Morgan fingerprint density at radius 2 is 2.20 bits per heavy atom. The van der Waals surface area contributed by atoms with Gasteiger partial charge in [0, 0.05) is 24.4 Å². The number of rotatable bonds is 4. The van der Waals surface area contributed by atoms with Crippen molar-refractivity contribution in [1.29, 1.82) is 0 Å². The van der Waals surface area contributed by atoms with Gasteiger partial charge in [0.15, 0.2) is 0 Å². The molecule has 0 aliphatic heterocycles. The van der Waals surface area contributed by atoms with Crippen molar-refractivity contribution in [2.75, 3.05) is 13.2 Å². The van der Waals surface area contributed by atoms with Crippen molar-refractivity contribution in [3.63, 3.8) is 0 Å². The Balaban J connectivity index is 1.92. The second kappa shape index (κ2) is 7.32. The molecule has 0 bridgehead atoms. The van der Waals surface area contributed by atoms with Gasteiger partial charge in [0.25, 0.3) is 0 Å². The molecule has 0 amide bonds. The lowest BCUT2D eigenvalue weighted by atomic mass is 10.1. The molecular weight excluding hydrogens is 250 g/mol. The molecule has 3 nitrogen and oxygen atoms in total. The number of pyridine rings is 1. The third kappa shape index (κ3) is 4.11. The minimum absolute atomic E-state index is 0.122. The van der Waals surface area contributed by atoms with Crippen LogP contribution in [0.4, 0.5) is 0 Å². The third-order valence-corrected chi connectivity index (χ3v) is 2.88. The third-order valence-electron chi connectivity index (χ3n) is 2.88. The van der Waals surface area contributed by atoms with Crippen LogP contribution >= 0.6 is 0 Å². The summed E-state index contributed by atoms with van der Waals surface area (Å²) in [5.41, 5.74) is 3.12. The number of ether oxygens (including phenoxy) is 1. The second-order valence-electron chi connectivity index (χ2n) is 4.40. The van der Waals surface area contributed by atoms with E-state index in [9.17, 15) is 0 Å². The van der Waals surface area contributed by atoms with Crippen molar-refractivity contribution >= 4 is 0 Å². The highest BCUT2D eigenvalue weighted by Crippen LogP contribution is 2.16. The summed E-state index contributed by atoms with van der Waals surface area (Å²) in [7, 11) is 0. The maximum Gasteiger partial charge on any atom is 0.119 e. The van der Waals surface area contributed by atoms with E-state index >= 15 is 0 Å². The number of nitrogens with zero attached hydrogens (tertiary/aromatic N) is 1. The van der Waals surface area contributed by atoms with Gasteiger partial charge in [0.1, 0.15) is 12.4 Å². The molecule has 3 heteroatoms. The lowest BCUT2D eigenvalue weighted by Crippen LogP contribution is -2.02. The Bertz CT molecular complexity index is 612. The number of aromatic nitrogens is 1. The van der Waals surface area contributed by atoms with Crippen LogP contribution in [-0.4, -0.2) is 23.3 Å². The van der Waals surface area contributed by atoms with E-state index in [1.54, 1.807) is 6.20 Å². The van der Waals surface area contributed by atoms with E-state index in [0.717, 1.165) is 28.9 Å². The van der Waals surface area contributed by atoms with Crippen molar-refractivity contribution in [3.05, 3.63) is 59.4 Å². The number of benzene rings is 1. The molecule has 0 atom stereocenters. The zero-order chi connectivity index (χ0) is 14.2. The van der Waals surface area contributed by atoms with Crippen LogP contribution in [0.25, 0.3) is 0 Å². The van der Waals surface area contributed by atoms with Crippen LogP contribution in [0.1, 0.15) is 16.7 Å². The van der Waals surface area contributed by atoms with Gasteiger partial charge in [0.2, 0.25) is 0 Å². The Labute approximate surface area is 119 Å². The molecule has 20 heavy (non-hydrogen) atoms.